The number of carbonyl (C=O) groups is 1. The Bertz CT molecular complexity index is 536. The smallest absolute Gasteiger partial charge is 0.309 e. The Morgan fingerprint density at radius 1 is 1.32 bits per heavy atom. The van der Waals surface area contributed by atoms with Crippen LogP contribution in [0.4, 0.5) is 0 Å². The molecule has 0 spiro atoms. The molecular formula is C13H18O5S. The van der Waals surface area contributed by atoms with Gasteiger partial charge in [0.25, 0.3) is 0 Å². The number of ether oxygens (including phenoxy) is 2. The number of esters is 1. The van der Waals surface area contributed by atoms with E-state index in [4.69, 9.17) is 9.47 Å². The normalized spacial score (nSPS) is 12.8. The summed E-state index contributed by atoms with van der Waals surface area (Å²) in [5, 5.41) is 0. The molecule has 0 heterocycles. The Balaban J connectivity index is 2.96. The Labute approximate surface area is 113 Å². The Hall–Kier alpha value is -1.56. The first-order valence-electron chi connectivity index (χ1n) is 5.94. The van der Waals surface area contributed by atoms with Gasteiger partial charge in [0, 0.05) is 0 Å². The molecule has 0 amide bonds. The number of hydrogen-bond acceptors (Lipinski definition) is 5. The van der Waals surface area contributed by atoms with Crippen molar-refractivity contribution in [3.63, 3.8) is 0 Å². The van der Waals surface area contributed by atoms with Gasteiger partial charge in [-0.25, -0.2) is 8.42 Å². The number of sulfone groups is 1. The summed E-state index contributed by atoms with van der Waals surface area (Å²) >= 11 is 0. The molecule has 0 aromatic heterocycles. The summed E-state index contributed by atoms with van der Waals surface area (Å²) in [5.41, 5.74) is 0. The van der Waals surface area contributed by atoms with Crippen LogP contribution in [0.15, 0.2) is 29.2 Å². The molecule has 1 rings (SSSR count). The highest BCUT2D eigenvalue weighted by Crippen LogP contribution is 2.25. The predicted molar refractivity (Wildman–Crippen MR) is 70.8 cm³/mol. The summed E-state index contributed by atoms with van der Waals surface area (Å²) in [5.74, 6) is -1.25. The maximum Gasteiger partial charge on any atom is 0.309 e. The minimum Gasteiger partial charge on any atom is -0.495 e. The average molecular weight is 286 g/mol. The number of methoxy groups -OCH3 is 1. The van der Waals surface area contributed by atoms with Gasteiger partial charge in [-0.1, -0.05) is 19.1 Å². The monoisotopic (exact) mass is 286 g/mol. The van der Waals surface area contributed by atoms with Crippen LogP contribution in [0, 0.1) is 5.92 Å². The van der Waals surface area contributed by atoms with Gasteiger partial charge in [0.1, 0.15) is 10.6 Å². The molecule has 0 radical (unpaired) electrons. The number of carbonyl (C=O) groups excluding carboxylic acids is 1. The molecule has 0 bridgehead atoms. The van der Waals surface area contributed by atoms with Crippen LogP contribution in [0.25, 0.3) is 0 Å². The molecule has 0 aliphatic carbocycles. The summed E-state index contributed by atoms with van der Waals surface area (Å²) < 4.78 is 34.3. The van der Waals surface area contributed by atoms with E-state index in [-0.39, 0.29) is 23.0 Å². The average Bonchev–Trinajstić information content (AvgIpc) is 2.38. The molecule has 5 nitrogen and oxygen atoms in total. The third-order valence-corrected chi connectivity index (χ3v) is 4.51. The van der Waals surface area contributed by atoms with Gasteiger partial charge in [-0.2, -0.15) is 0 Å². The van der Waals surface area contributed by atoms with Gasteiger partial charge in [0.2, 0.25) is 0 Å². The van der Waals surface area contributed by atoms with Crippen molar-refractivity contribution in [2.45, 2.75) is 18.7 Å². The molecule has 1 aromatic carbocycles. The van der Waals surface area contributed by atoms with E-state index in [9.17, 15) is 13.2 Å². The lowest BCUT2D eigenvalue weighted by molar-refractivity contribution is -0.146. The van der Waals surface area contributed by atoms with Gasteiger partial charge in [-0.15, -0.1) is 0 Å². The quantitative estimate of drug-likeness (QED) is 0.744. The van der Waals surface area contributed by atoms with Gasteiger partial charge >= 0.3 is 5.97 Å². The van der Waals surface area contributed by atoms with Crippen molar-refractivity contribution in [2.75, 3.05) is 19.5 Å². The largest absolute Gasteiger partial charge is 0.495 e. The molecule has 1 atom stereocenters. The zero-order valence-electron chi connectivity index (χ0n) is 11.3. The SMILES string of the molecule is CCOC(=O)C(C)CS(=O)(=O)c1ccccc1OC. The van der Waals surface area contributed by atoms with Crippen LogP contribution in [-0.2, 0) is 19.4 Å². The summed E-state index contributed by atoms with van der Waals surface area (Å²) in [6.45, 7) is 3.45. The zero-order valence-corrected chi connectivity index (χ0v) is 12.1. The third-order valence-electron chi connectivity index (χ3n) is 2.56. The zero-order chi connectivity index (χ0) is 14.5. The molecule has 0 aliphatic rings. The minimum absolute atomic E-state index is 0.0913. The van der Waals surface area contributed by atoms with E-state index in [1.54, 1.807) is 25.1 Å². The highest BCUT2D eigenvalue weighted by atomic mass is 32.2. The van der Waals surface area contributed by atoms with Crippen molar-refractivity contribution >= 4 is 15.8 Å². The van der Waals surface area contributed by atoms with Crippen LogP contribution in [0.2, 0.25) is 0 Å². The lowest BCUT2D eigenvalue weighted by Crippen LogP contribution is -2.23. The third kappa shape index (κ3) is 3.96. The highest BCUT2D eigenvalue weighted by Gasteiger charge is 2.26. The van der Waals surface area contributed by atoms with Crippen molar-refractivity contribution < 1.29 is 22.7 Å². The molecule has 6 heteroatoms. The number of para-hydroxylation sites is 1. The number of benzene rings is 1. The molecule has 106 valence electrons. The number of hydrogen-bond donors (Lipinski definition) is 0. The van der Waals surface area contributed by atoms with E-state index in [2.05, 4.69) is 0 Å². The van der Waals surface area contributed by atoms with Gasteiger partial charge in [-0.05, 0) is 19.1 Å². The molecular weight excluding hydrogens is 268 g/mol. The second kappa shape index (κ2) is 6.56. The van der Waals surface area contributed by atoms with Crippen molar-refractivity contribution in [2.24, 2.45) is 5.92 Å². The van der Waals surface area contributed by atoms with Crippen molar-refractivity contribution in [3.05, 3.63) is 24.3 Å². The van der Waals surface area contributed by atoms with Crippen molar-refractivity contribution in [1.82, 2.24) is 0 Å². The molecule has 0 saturated carbocycles. The Morgan fingerprint density at radius 2 is 1.95 bits per heavy atom. The lowest BCUT2D eigenvalue weighted by Gasteiger charge is -2.13. The van der Waals surface area contributed by atoms with Crippen molar-refractivity contribution in [1.29, 1.82) is 0 Å². The summed E-state index contributed by atoms with van der Waals surface area (Å²) in [7, 11) is -2.19. The van der Waals surface area contributed by atoms with Crippen LogP contribution >= 0.6 is 0 Å². The van der Waals surface area contributed by atoms with E-state index < -0.39 is 21.7 Å². The molecule has 0 N–H and O–H groups in total. The summed E-state index contributed by atoms with van der Waals surface area (Å²) in [6.07, 6.45) is 0. The fraction of sp³-hybridized carbons (Fsp3) is 0.462. The van der Waals surface area contributed by atoms with Crippen LogP contribution in [0.1, 0.15) is 13.8 Å². The first-order valence-corrected chi connectivity index (χ1v) is 7.60. The van der Waals surface area contributed by atoms with Crippen LogP contribution in [0.3, 0.4) is 0 Å². The van der Waals surface area contributed by atoms with Gasteiger partial charge in [-0.3, -0.25) is 4.79 Å². The molecule has 1 unspecified atom stereocenters. The van der Waals surface area contributed by atoms with Crippen LogP contribution < -0.4 is 4.74 Å². The van der Waals surface area contributed by atoms with E-state index in [1.165, 1.54) is 20.1 Å². The highest BCUT2D eigenvalue weighted by molar-refractivity contribution is 7.91. The lowest BCUT2D eigenvalue weighted by atomic mass is 10.2. The maximum absolute atomic E-state index is 12.2. The number of rotatable bonds is 6. The van der Waals surface area contributed by atoms with Crippen LogP contribution in [0.5, 0.6) is 5.75 Å². The van der Waals surface area contributed by atoms with Crippen molar-refractivity contribution in [3.8, 4) is 5.75 Å². The van der Waals surface area contributed by atoms with E-state index in [0.717, 1.165) is 0 Å². The topological polar surface area (TPSA) is 69.7 Å². The Morgan fingerprint density at radius 3 is 2.53 bits per heavy atom. The Kier molecular flexibility index (Phi) is 5.35. The standard InChI is InChI=1S/C13H18O5S/c1-4-18-13(14)10(2)9-19(15,16)12-8-6-5-7-11(12)17-3/h5-8,10H,4,9H2,1-3H3. The molecule has 0 aliphatic heterocycles. The fourth-order valence-electron chi connectivity index (χ4n) is 1.65. The summed E-state index contributed by atoms with van der Waals surface area (Å²) in [6, 6.07) is 6.34. The van der Waals surface area contributed by atoms with E-state index in [1.807, 2.05) is 0 Å². The van der Waals surface area contributed by atoms with Gasteiger partial charge in [0.15, 0.2) is 9.84 Å². The first kappa shape index (κ1) is 15.5. The molecule has 0 saturated heterocycles. The molecule has 1 aromatic rings. The molecule has 19 heavy (non-hydrogen) atoms. The molecule has 0 fully saturated rings. The second-order valence-corrected chi connectivity index (χ2v) is 6.09. The van der Waals surface area contributed by atoms with Gasteiger partial charge in [0.05, 0.1) is 25.4 Å². The first-order chi connectivity index (χ1) is 8.92. The van der Waals surface area contributed by atoms with Gasteiger partial charge < -0.3 is 9.47 Å². The van der Waals surface area contributed by atoms with Crippen LogP contribution in [-0.4, -0.2) is 33.9 Å². The predicted octanol–water partition coefficient (Wildman–Crippen LogP) is 1.67. The second-order valence-electron chi connectivity index (χ2n) is 4.09. The fourth-order valence-corrected chi connectivity index (χ4v) is 3.36. The summed E-state index contributed by atoms with van der Waals surface area (Å²) in [4.78, 5) is 11.6. The minimum atomic E-state index is -3.59. The van der Waals surface area contributed by atoms with E-state index in [0.29, 0.717) is 0 Å². The van der Waals surface area contributed by atoms with E-state index >= 15 is 0 Å². The maximum atomic E-state index is 12.2.